The van der Waals surface area contributed by atoms with Crippen LogP contribution in [0.1, 0.15) is 23.7 Å². The molecule has 4 atom stereocenters. The molecule has 1 fully saturated rings. The van der Waals surface area contributed by atoms with Crippen LogP contribution in [0.5, 0.6) is 0 Å². The molecule has 0 saturated carbocycles. The van der Waals surface area contributed by atoms with Crippen LogP contribution in [0, 0.1) is 17.8 Å². The summed E-state index contributed by atoms with van der Waals surface area (Å²) in [6.07, 6.45) is 5.43. The number of benzene rings is 1. The summed E-state index contributed by atoms with van der Waals surface area (Å²) < 4.78 is 4.95. The van der Waals surface area contributed by atoms with Crippen LogP contribution in [0.2, 0.25) is 0 Å². The third kappa shape index (κ3) is 2.20. The SMILES string of the molecule is COC(=O)[C@H]1C(=O)C=C[C@@H]2CN3CCc4c([nH]c5ccccc45)[C@H]3C[C@H]12. The molecule has 1 saturated heterocycles. The van der Waals surface area contributed by atoms with Gasteiger partial charge in [-0.05, 0) is 42.4 Å². The van der Waals surface area contributed by atoms with Crippen molar-refractivity contribution in [2.24, 2.45) is 17.8 Å². The number of ketones is 1. The molecule has 1 N–H and O–H groups in total. The van der Waals surface area contributed by atoms with Gasteiger partial charge in [-0.15, -0.1) is 0 Å². The van der Waals surface area contributed by atoms with Crippen LogP contribution in [0.15, 0.2) is 36.4 Å². The minimum absolute atomic E-state index is 0.0126. The highest BCUT2D eigenvalue weighted by Gasteiger charge is 2.48. The molecular formula is C21H22N2O3. The maximum atomic E-state index is 12.4. The second-order valence-corrected chi connectivity index (χ2v) is 7.65. The van der Waals surface area contributed by atoms with Crippen molar-refractivity contribution in [2.75, 3.05) is 20.2 Å². The van der Waals surface area contributed by atoms with Gasteiger partial charge in [0.25, 0.3) is 0 Å². The van der Waals surface area contributed by atoms with Crippen molar-refractivity contribution in [3.8, 4) is 0 Å². The molecule has 5 heteroatoms. The third-order valence-corrected chi connectivity index (χ3v) is 6.46. The number of allylic oxidation sites excluding steroid dienone is 1. The van der Waals surface area contributed by atoms with Gasteiger partial charge in [0.2, 0.25) is 0 Å². The number of aromatic amines is 1. The molecule has 1 aliphatic carbocycles. The van der Waals surface area contributed by atoms with Gasteiger partial charge in [0, 0.05) is 29.7 Å². The lowest BCUT2D eigenvalue weighted by atomic mass is 9.68. The summed E-state index contributed by atoms with van der Waals surface area (Å²) in [5.41, 5.74) is 3.83. The first-order valence-corrected chi connectivity index (χ1v) is 9.30. The number of ether oxygens (including phenoxy) is 1. The van der Waals surface area contributed by atoms with Gasteiger partial charge < -0.3 is 9.72 Å². The highest BCUT2D eigenvalue weighted by Crippen LogP contribution is 2.46. The lowest BCUT2D eigenvalue weighted by molar-refractivity contribution is -0.153. The van der Waals surface area contributed by atoms with Gasteiger partial charge in [-0.1, -0.05) is 24.3 Å². The molecule has 134 valence electrons. The van der Waals surface area contributed by atoms with Crippen molar-refractivity contribution in [1.82, 2.24) is 9.88 Å². The molecule has 0 unspecified atom stereocenters. The molecular weight excluding hydrogens is 328 g/mol. The van der Waals surface area contributed by atoms with E-state index in [2.05, 4.69) is 34.1 Å². The molecule has 5 rings (SSSR count). The average Bonchev–Trinajstić information content (AvgIpc) is 3.05. The minimum Gasteiger partial charge on any atom is -0.468 e. The molecule has 5 nitrogen and oxygen atoms in total. The van der Waals surface area contributed by atoms with Gasteiger partial charge >= 0.3 is 5.97 Å². The largest absolute Gasteiger partial charge is 0.468 e. The summed E-state index contributed by atoms with van der Waals surface area (Å²) in [4.78, 5) is 30.8. The van der Waals surface area contributed by atoms with Gasteiger partial charge in [-0.25, -0.2) is 0 Å². The van der Waals surface area contributed by atoms with Crippen LogP contribution in [0.3, 0.4) is 0 Å². The number of para-hydroxylation sites is 1. The third-order valence-electron chi connectivity index (χ3n) is 6.46. The standard InChI is InChI=1S/C21H22N2O3/c1-26-21(25)19-15-10-17-20-14(13-4-2-3-5-16(13)22-20)8-9-23(17)11-12(15)6-7-18(19)24/h2-7,12,15,17,19,22H,8-11H2,1H3/t12-,15+,17-,19-/m1/s1. The van der Waals surface area contributed by atoms with Crippen molar-refractivity contribution in [3.05, 3.63) is 47.7 Å². The number of methoxy groups -OCH3 is 1. The fourth-order valence-electron chi connectivity index (χ4n) is 5.23. The number of carbonyl (C=O) groups excluding carboxylic acids is 2. The summed E-state index contributed by atoms with van der Waals surface area (Å²) in [7, 11) is 1.37. The van der Waals surface area contributed by atoms with Crippen molar-refractivity contribution in [2.45, 2.75) is 18.9 Å². The van der Waals surface area contributed by atoms with E-state index in [-0.39, 0.29) is 23.7 Å². The molecule has 2 aliphatic heterocycles. The number of piperidine rings is 1. The molecule has 1 aromatic heterocycles. The predicted octanol–water partition coefficient (Wildman–Crippen LogP) is 2.63. The summed E-state index contributed by atoms with van der Waals surface area (Å²) in [6.45, 7) is 1.91. The number of rotatable bonds is 1. The monoisotopic (exact) mass is 350 g/mol. The van der Waals surface area contributed by atoms with Gasteiger partial charge in [0.1, 0.15) is 5.92 Å². The number of hydrogen-bond acceptors (Lipinski definition) is 4. The highest BCUT2D eigenvalue weighted by molar-refractivity contribution is 6.06. The Hall–Kier alpha value is -2.40. The topological polar surface area (TPSA) is 62.4 Å². The van der Waals surface area contributed by atoms with E-state index in [4.69, 9.17) is 4.74 Å². The summed E-state index contributed by atoms with van der Waals surface area (Å²) in [5, 5.41) is 1.30. The molecule has 0 radical (unpaired) electrons. The van der Waals surface area contributed by atoms with E-state index in [0.29, 0.717) is 0 Å². The zero-order valence-corrected chi connectivity index (χ0v) is 14.8. The normalized spacial score (nSPS) is 30.6. The highest BCUT2D eigenvalue weighted by atomic mass is 16.5. The number of esters is 1. The molecule has 2 aromatic rings. The van der Waals surface area contributed by atoms with Crippen molar-refractivity contribution >= 4 is 22.7 Å². The summed E-state index contributed by atoms with van der Waals surface area (Å²) in [6, 6.07) is 8.66. The maximum absolute atomic E-state index is 12.4. The number of hydrogen-bond donors (Lipinski definition) is 1. The molecule has 0 bridgehead atoms. The quantitative estimate of drug-likeness (QED) is 0.634. The molecule has 3 heterocycles. The van der Waals surface area contributed by atoms with Crippen LogP contribution < -0.4 is 0 Å². The first-order chi connectivity index (χ1) is 12.7. The van der Waals surface area contributed by atoms with Gasteiger partial charge in [0.15, 0.2) is 5.78 Å². The predicted molar refractivity (Wildman–Crippen MR) is 97.6 cm³/mol. The fourth-order valence-corrected chi connectivity index (χ4v) is 5.23. The summed E-state index contributed by atoms with van der Waals surface area (Å²) in [5.74, 6) is -0.917. The molecule has 1 aromatic carbocycles. The van der Waals surface area contributed by atoms with Gasteiger partial charge in [-0.3, -0.25) is 14.5 Å². The van der Waals surface area contributed by atoms with Crippen LogP contribution >= 0.6 is 0 Å². The van der Waals surface area contributed by atoms with E-state index in [0.717, 1.165) is 25.9 Å². The number of fused-ring (bicyclic) bond motifs is 6. The van der Waals surface area contributed by atoms with E-state index in [9.17, 15) is 9.59 Å². The van der Waals surface area contributed by atoms with E-state index in [1.54, 1.807) is 6.08 Å². The Morgan fingerprint density at radius 3 is 3.00 bits per heavy atom. The maximum Gasteiger partial charge on any atom is 0.316 e. The van der Waals surface area contributed by atoms with Crippen LogP contribution in [0.4, 0.5) is 0 Å². The summed E-state index contributed by atoms with van der Waals surface area (Å²) >= 11 is 0. The second-order valence-electron chi connectivity index (χ2n) is 7.65. The number of nitrogens with zero attached hydrogens (tertiary/aromatic N) is 1. The Kier molecular flexibility index (Phi) is 3.54. The smallest absolute Gasteiger partial charge is 0.316 e. The first kappa shape index (κ1) is 15.8. The van der Waals surface area contributed by atoms with Crippen LogP contribution in [-0.2, 0) is 20.7 Å². The number of carbonyl (C=O) groups is 2. The molecule has 3 aliphatic rings. The first-order valence-electron chi connectivity index (χ1n) is 9.30. The number of aromatic nitrogens is 1. The fraction of sp³-hybridized carbons (Fsp3) is 0.429. The van der Waals surface area contributed by atoms with Gasteiger partial charge in [0.05, 0.1) is 13.2 Å². The molecule has 0 amide bonds. The Bertz CT molecular complexity index is 928. The molecule has 0 spiro atoms. The zero-order valence-electron chi connectivity index (χ0n) is 14.8. The van der Waals surface area contributed by atoms with Crippen molar-refractivity contribution in [3.63, 3.8) is 0 Å². The van der Waals surface area contributed by atoms with Crippen molar-refractivity contribution < 1.29 is 14.3 Å². The Labute approximate surface area is 152 Å². The van der Waals surface area contributed by atoms with E-state index < -0.39 is 11.9 Å². The van der Waals surface area contributed by atoms with Gasteiger partial charge in [-0.2, -0.15) is 0 Å². The lowest BCUT2D eigenvalue weighted by Gasteiger charge is -2.47. The second kappa shape index (κ2) is 5.81. The van der Waals surface area contributed by atoms with E-state index >= 15 is 0 Å². The Morgan fingerprint density at radius 1 is 1.31 bits per heavy atom. The van der Waals surface area contributed by atoms with Crippen LogP contribution in [0.25, 0.3) is 10.9 Å². The Balaban J connectivity index is 1.55. The minimum atomic E-state index is -0.660. The number of nitrogens with one attached hydrogen (secondary N) is 1. The lowest BCUT2D eigenvalue weighted by Crippen LogP contribution is -2.50. The van der Waals surface area contributed by atoms with Crippen molar-refractivity contribution in [1.29, 1.82) is 0 Å². The zero-order chi connectivity index (χ0) is 17.8. The average molecular weight is 350 g/mol. The Morgan fingerprint density at radius 2 is 2.15 bits per heavy atom. The van der Waals surface area contributed by atoms with E-state index in [1.165, 1.54) is 29.3 Å². The molecule has 26 heavy (non-hydrogen) atoms. The number of H-pyrrole nitrogens is 1. The van der Waals surface area contributed by atoms with E-state index in [1.807, 2.05) is 6.08 Å². The van der Waals surface area contributed by atoms with Crippen LogP contribution in [-0.4, -0.2) is 41.8 Å².